The number of amides is 1. The van der Waals surface area contributed by atoms with Crippen LogP contribution < -0.4 is 14.8 Å². The summed E-state index contributed by atoms with van der Waals surface area (Å²) in [5, 5.41) is 6.41. The van der Waals surface area contributed by atoms with Crippen LogP contribution in [-0.4, -0.2) is 35.4 Å². The summed E-state index contributed by atoms with van der Waals surface area (Å²) < 4.78 is 51.2. The molecule has 0 aliphatic heterocycles. The number of nitrogens with zero attached hydrogens (tertiary/aromatic N) is 2. The number of benzene rings is 1. The molecule has 1 aliphatic rings. The molecule has 158 valence electrons. The number of nitrogens with one attached hydrogen (secondary N) is 1. The van der Waals surface area contributed by atoms with Crippen molar-refractivity contribution in [3.8, 4) is 11.5 Å². The van der Waals surface area contributed by atoms with Crippen molar-refractivity contribution in [3.05, 3.63) is 41.2 Å². The molecule has 1 aliphatic carbocycles. The lowest BCUT2D eigenvalue weighted by molar-refractivity contribution is -0.141. The molecule has 29 heavy (non-hydrogen) atoms. The van der Waals surface area contributed by atoms with Crippen LogP contribution in [0.2, 0.25) is 0 Å². The van der Waals surface area contributed by atoms with Crippen LogP contribution in [0.25, 0.3) is 0 Å². The van der Waals surface area contributed by atoms with Crippen molar-refractivity contribution in [2.75, 3.05) is 19.8 Å². The van der Waals surface area contributed by atoms with E-state index in [1.54, 1.807) is 18.2 Å². The van der Waals surface area contributed by atoms with Crippen LogP contribution in [0.15, 0.2) is 24.3 Å². The highest BCUT2D eigenvalue weighted by Gasteiger charge is 2.37. The molecule has 0 bridgehead atoms. The van der Waals surface area contributed by atoms with E-state index in [0.29, 0.717) is 36.0 Å². The van der Waals surface area contributed by atoms with Crippen molar-refractivity contribution in [2.24, 2.45) is 0 Å². The van der Waals surface area contributed by atoms with Gasteiger partial charge < -0.3 is 14.8 Å². The number of alkyl halides is 3. The van der Waals surface area contributed by atoms with Gasteiger partial charge in [0.25, 0.3) is 5.91 Å². The second-order valence-electron chi connectivity index (χ2n) is 6.73. The minimum atomic E-state index is -4.48. The van der Waals surface area contributed by atoms with Gasteiger partial charge in [-0.2, -0.15) is 18.3 Å². The fraction of sp³-hybridized carbons (Fsp3) is 0.500. The lowest BCUT2D eigenvalue weighted by Crippen LogP contribution is -2.28. The first kappa shape index (κ1) is 21.0. The highest BCUT2D eigenvalue weighted by molar-refractivity contribution is 5.94. The Bertz CT molecular complexity index is 860. The Morgan fingerprint density at radius 3 is 2.48 bits per heavy atom. The van der Waals surface area contributed by atoms with E-state index in [9.17, 15) is 18.0 Å². The van der Waals surface area contributed by atoms with Crippen molar-refractivity contribution in [1.29, 1.82) is 0 Å². The van der Waals surface area contributed by atoms with Gasteiger partial charge in [0.05, 0.1) is 19.8 Å². The number of hydrogen-bond acceptors (Lipinski definition) is 4. The van der Waals surface area contributed by atoms with Crippen molar-refractivity contribution < 1.29 is 27.4 Å². The zero-order valence-electron chi connectivity index (χ0n) is 16.4. The van der Waals surface area contributed by atoms with Crippen LogP contribution in [0.5, 0.6) is 11.5 Å². The highest BCUT2D eigenvalue weighted by Crippen LogP contribution is 2.42. The van der Waals surface area contributed by atoms with Crippen molar-refractivity contribution in [2.45, 2.75) is 45.3 Å². The van der Waals surface area contributed by atoms with E-state index in [4.69, 9.17) is 9.47 Å². The van der Waals surface area contributed by atoms with Gasteiger partial charge in [-0.1, -0.05) is 0 Å². The molecule has 1 aromatic heterocycles. The third-order valence-electron chi connectivity index (χ3n) is 4.51. The fourth-order valence-corrected chi connectivity index (χ4v) is 3.03. The Hall–Kier alpha value is -2.71. The molecule has 0 atom stereocenters. The molecule has 3 rings (SSSR count). The molecule has 1 fully saturated rings. The SMILES string of the molecule is CCOc1ccc(C(=O)NCCn2nc(C(F)(F)F)cc2C2CC2)cc1OCC. The van der Waals surface area contributed by atoms with E-state index in [0.717, 1.165) is 18.9 Å². The van der Waals surface area contributed by atoms with Crippen molar-refractivity contribution >= 4 is 5.91 Å². The van der Waals surface area contributed by atoms with E-state index >= 15 is 0 Å². The third-order valence-corrected chi connectivity index (χ3v) is 4.51. The second-order valence-corrected chi connectivity index (χ2v) is 6.73. The average molecular weight is 411 g/mol. The molecule has 0 unspecified atom stereocenters. The average Bonchev–Trinajstić information content (AvgIpc) is 3.42. The standard InChI is InChI=1S/C20H24F3N3O3/c1-3-28-16-8-7-14(11-17(16)29-4-2)19(27)24-9-10-26-15(13-5-6-13)12-18(25-26)20(21,22)23/h7-8,11-13H,3-6,9-10H2,1-2H3,(H,24,27). The van der Waals surface area contributed by atoms with Crippen LogP contribution >= 0.6 is 0 Å². The molecule has 1 amide bonds. The van der Waals surface area contributed by atoms with E-state index in [1.165, 1.54) is 4.68 Å². The van der Waals surface area contributed by atoms with E-state index in [-0.39, 0.29) is 24.9 Å². The number of aromatic nitrogens is 2. The van der Waals surface area contributed by atoms with Gasteiger partial charge in [0.2, 0.25) is 0 Å². The highest BCUT2D eigenvalue weighted by atomic mass is 19.4. The molecule has 0 radical (unpaired) electrons. The number of carbonyl (C=O) groups excluding carboxylic acids is 1. The van der Waals surface area contributed by atoms with Crippen LogP contribution in [0.1, 0.15) is 54.4 Å². The topological polar surface area (TPSA) is 65.4 Å². The maximum Gasteiger partial charge on any atom is 0.435 e. The predicted octanol–water partition coefficient (Wildman–Crippen LogP) is 4.01. The van der Waals surface area contributed by atoms with E-state index in [2.05, 4.69) is 10.4 Å². The minimum absolute atomic E-state index is 0.120. The summed E-state index contributed by atoms with van der Waals surface area (Å²) in [5.74, 6) is 0.801. The lowest BCUT2D eigenvalue weighted by Gasteiger charge is -2.13. The Morgan fingerprint density at radius 2 is 1.86 bits per heavy atom. The third kappa shape index (κ3) is 5.21. The molecule has 6 nitrogen and oxygen atoms in total. The summed E-state index contributed by atoms with van der Waals surface area (Å²) in [6, 6.07) is 5.99. The Kier molecular flexibility index (Phi) is 6.34. The maximum absolute atomic E-state index is 13.0. The van der Waals surface area contributed by atoms with Gasteiger partial charge in [-0.05, 0) is 51.0 Å². The predicted molar refractivity (Wildman–Crippen MR) is 100 cm³/mol. The van der Waals surface area contributed by atoms with Gasteiger partial charge in [-0.25, -0.2) is 0 Å². The van der Waals surface area contributed by atoms with E-state index in [1.807, 2.05) is 13.8 Å². The number of hydrogen-bond donors (Lipinski definition) is 1. The molecule has 1 N–H and O–H groups in total. The first-order valence-corrected chi connectivity index (χ1v) is 9.66. The Labute approximate surface area is 167 Å². The molecule has 1 aromatic carbocycles. The molecule has 0 saturated heterocycles. The summed E-state index contributed by atoms with van der Waals surface area (Å²) >= 11 is 0. The molecular formula is C20H24F3N3O3. The van der Waals surface area contributed by atoms with Crippen LogP contribution in [0, 0.1) is 0 Å². The summed E-state index contributed by atoms with van der Waals surface area (Å²) in [6.07, 6.45) is -2.75. The maximum atomic E-state index is 13.0. The number of rotatable bonds is 9. The van der Waals surface area contributed by atoms with Gasteiger partial charge in [0, 0.05) is 23.7 Å². The summed E-state index contributed by atoms with van der Waals surface area (Å²) in [4.78, 5) is 12.4. The van der Waals surface area contributed by atoms with Gasteiger partial charge >= 0.3 is 6.18 Å². The molecule has 2 aromatic rings. The smallest absolute Gasteiger partial charge is 0.435 e. The monoisotopic (exact) mass is 411 g/mol. The molecule has 1 saturated carbocycles. The van der Waals surface area contributed by atoms with Gasteiger partial charge in [0.1, 0.15) is 0 Å². The Morgan fingerprint density at radius 1 is 1.17 bits per heavy atom. The number of carbonyl (C=O) groups is 1. The normalized spacial score (nSPS) is 14.0. The summed E-state index contributed by atoms with van der Waals surface area (Å²) in [6.45, 7) is 4.91. The quantitative estimate of drug-likeness (QED) is 0.677. The molecule has 0 spiro atoms. The molecule has 9 heteroatoms. The summed E-state index contributed by atoms with van der Waals surface area (Å²) in [5.41, 5.74) is 0.0700. The van der Waals surface area contributed by atoms with Crippen LogP contribution in [0.4, 0.5) is 13.2 Å². The van der Waals surface area contributed by atoms with Crippen LogP contribution in [-0.2, 0) is 12.7 Å². The lowest BCUT2D eigenvalue weighted by atomic mass is 10.2. The fourth-order valence-electron chi connectivity index (χ4n) is 3.03. The Balaban J connectivity index is 1.64. The van der Waals surface area contributed by atoms with Gasteiger partial charge in [0.15, 0.2) is 17.2 Å². The van der Waals surface area contributed by atoms with Crippen LogP contribution in [0.3, 0.4) is 0 Å². The van der Waals surface area contributed by atoms with Crippen molar-refractivity contribution in [1.82, 2.24) is 15.1 Å². The second kappa shape index (κ2) is 8.75. The van der Waals surface area contributed by atoms with Gasteiger partial charge in [-0.15, -0.1) is 0 Å². The van der Waals surface area contributed by atoms with Gasteiger partial charge in [-0.3, -0.25) is 9.48 Å². The molecule has 1 heterocycles. The minimum Gasteiger partial charge on any atom is -0.490 e. The van der Waals surface area contributed by atoms with Crippen molar-refractivity contribution in [3.63, 3.8) is 0 Å². The number of ether oxygens (including phenoxy) is 2. The first-order chi connectivity index (χ1) is 13.8. The zero-order chi connectivity index (χ0) is 21.0. The largest absolute Gasteiger partial charge is 0.490 e. The molecular weight excluding hydrogens is 387 g/mol. The number of halogens is 3. The summed E-state index contributed by atoms with van der Waals surface area (Å²) in [7, 11) is 0. The first-order valence-electron chi connectivity index (χ1n) is 9.66. The van der Waals surface area contributed by atoms with E-state index < -0.39 is 11.9 Å². The zero-order valence-corrected chi connectivity index (χ0v) is 16.4.